The largest absolute Gasteiger partial charge is 0.467 e. The molecule has 5 aromatic rings. The summed E-state index contributed by atoms with van der Waals surface area (Å²) in [5, 5.41) is 16.1. The zero-order valence-electron chi connectivity index (χ0n) is 28.6. The SMILES string of the molecule is COC(=O)C(Cc1ccccc1)NC(=O)NCc1ccccc1-c1ccc(C2OC(CSc3nccn3C)CC(c3ccc(CO)cc3)O2)cc1. The van der Waals surface area contributed by atoms with E-state index in [4.69, 9.17) is 14.2 Å². The number of imidazole rings is 1. The third kappa shape index (κ3) is 9.44. The van der Waals surface area contributed by atoms with Crippen molar-refractivity contribution in [2.24, 2.45) is 7.05 Å². The summed E-state index contributed by atoms with van der Waals surface area (Å²) in [4.78, 5) is 29.8. The summed E-state index contributed by atoms with van der Waals surface area (Å²) in [6.45, 7) is 0.244. The Morgan fingerprint density at radius 3 is 2.37 bits per heavy atom. The Morgan fingerprint density at radius 2 is 1.67 bits per heavy atom. The third-order valence-electron chi connectivity index (χ3n) is 8.81. The first-order valence-electron chi connectivity index (χ1n) is 16.8. The van der Waals surface area contributed by atoms with Crippen molar-refractivity contribution < 1.29 is 28.9 Å². The Hall–Kier alpha value is -4.94. The number of aliphatic hydroxyl groups is 1. The van der Waals surface area contributed by atoms with Crippen LogP contribution >= 0.6 is 11.8 Å². The summed E-state index contributed by atoms with van der Waals surface area (Å²) in [5.41, 5.74) is 6.55. The molecule has 0 radical (unpaired) electrons. The summed E-state index contributed by atoms with van der Waals surface area (Å²) in [6, 6.07) is 32.0. The fourth-order valence-electron chi connectivity index (χ4n) is 6.03. The number of aliphatic hydroxyl groups excluding tert-OH is 1. The van der Waals surface area contributed by atoms with Crippen LogP contribution in [0, 0.1) is 0 Å². The molecule has 1 aromatic heterocycles. The van der Waals surface area contributed by atoms with Gasteiger partial charge in [-0.3, -0.25) is 0 Å². The van der Waals surface area contributed by atoms with E-state index < -0.39 is 24.3 Å². The van der Waals surface area contributed by atoms with Crippen LogP contribution in [0.3, 0.4) is 0 Å². The zero-order valence-corrected chi connectivity index (χ0v) is 29.4. The Bertz CT molecular complexity index is 1880. The van der Waals surface area contributed by atoms with Gasteiger partial charge in [-0.1, -0.05) is 115 Å². The van der Waals surface area contributed by atoms with Crippen molar-refractivity contribution in [1.82, 2.24) is 20.2 Å². The van der Waals surface area contributed by atoms with Crippen molar-refractivity contribution in [3.63, 3.8) is 0 Å². The molecule has 11 heteroatoms. The number of aromatic nitrogens is 2. The topological polar surface area (TPSA) is 124 Å². The number of ether oxygens (including phenoxy) is 3. The van der Waals surface area contributed by atoms with E-state index >= 15 is 0 Å². The molecule has 2 amide bonds. The van der Waals surface area contributed by atoms with E-state index in [1.165, 1.54) is 7.11 Å². The van der Waals surface area contributed by atoms with E-state index in [1.54, 1.807) is 18.0 Å². The number of hydrogen-bond donors (Lipinski definition) is 3. The monoisotopic (exact) mass is 706 g/mol. The van der Waals surface area contributed by atoms with Crippen molar-refractivity contribution in [2.75, 3.05) is 12.9 Å². The fraction of sp³-hybridized carbons (Fsp3) is 0.275. The molecule has 3 N–H and O–H groups in total. The van der Waals surface area contributed by atoms with Crippen molar-refractivity contribution in [2.45, 2.75) is 55.7 Å². The second kappa shape index (κ2) is 17.3. The molecule has 1 saturated heterocycles. The number of urea groups is 1. The lowest BCUT2D eigenvalue weighted by molar-refractivity contribution is -0.245. The van der Waals surface area contributed by atoms with Crippen LogP contribution in [0.1, 0.15) is 46.6 Å². The normalized spacial score (nSPS) is 17.7. The highest BCUT2D eigenvalue weighted by atomic mass is 32.2. The summed E-state index contributed by atoms with van der Waals surface area (Å²) in [7, 11) is 3.29. The van der Waals surface area contributed by atoms with Gasteiger partial charge in [0.15, 0.2) is 11.4 Å². The minimum absolute atomic E-state index is 0.0101. The van der Waals surface area contributed by atoms with Crippen molar-refractivity contribution in [3.05, 3.63) is 143 Å². The van der Waals surface area contributed by atoms with Crippen LogP contribution in [0.15, 0.2) is 121 Å². The van der Waals surface area contributed by atoms with E-state index in [2.05, 4.69) is 15.6 Å². The van der Waals surface area contributed by atoms with Crippen LogP contribution in [-0.4, -0.2) is 51.7 Å². The molecule has 2 heterocycles. The number of methoxy groups -OCH3 is 1. The summed E-state index contributed by atoms with van der Waals surface area (Å²) < 4.78 is 20.0. The lowest BCUT2D eigenvalue weighted by Crippen LogP contribution is -2.47. The summed E-state index contributed by atoms with van der Waals surface area (Å²) in [6.07, 6.45) is 3.87. The molecule has 4 atom stereocenters. The first-order chi connectivity index (χ1) is 24.9. The summed E-state index contributed by atoms with van der Waals surface area (Å²) in [5.74, 6) is 0.207. The molecule has 4 unspecified atom stereocenters. The molecule has 1 fully saturated rings. The number of nitrogens with zero attached hydrogens (tertiary/aromatic N) is 2. The van der Waals surface area contributed by atoms with Gasteiger partial charge in [-0.05, 0) is 33.4 Å². The highest BCUT2D eigenvalue weighted by molar-refractivity contribution is 7.99. The van der Waals surface area contributed by atoms with Gasteiger partial charge in [-0.25, -0.2) is 14.6 Å². The van der Waals surface area contributed by atoms with E-state index in [9.17, 15) is 14.7 Å². The van der Waals surface area contributed by atoms with Gasteiger partial charge in [0.05, 0.1) is 25.9 Å². The first kappa shape index (κ1) is 35.9. The van der Waals surface area contributed by atoms with Crippen LogP contribution in [-0.2, 0) is 45.6 Å². The Balaban J connectivity index is 1.13. The maximum Gasteiger partial charge on any atom is 0.328 e. The van der Waals surface area contributed by atoms with Crippen molar-refractivity contribution in [1.29, 1.82) is 0 Å². The third-order valence-corrected chi connectivity index (χ3v) is 10.0. The average Bonchev–Trinajstić information content (AvgIpc) is 3.60. The van der Waals surface area contributed by atoms with Crippen LogP contribution in [0.5, 0.6) is 0 Å². The minimum atomic E-state index is -0.822. The maximum atomic E-state index is 12.9. The van der Waals surface area contributed by atoms with Crippen molar-refractivity contribution >= 4 is 23.8 Å². The number of benzene rings is 4. The molecule has 1 aliphatic heterocycles. The molecule has 1 aliphatic rings. The second-order valence-corrected chi connectivity index (χ2v) is 13.3. The van der Waals surface area contributed by atoms with Gasteiger partial charge in [0.2, 0.25) is 0 Å². The van der Waals surface area contributed by atoms with Crippen LogP contribution in [0.4, 0.5) is 4.79 Å². The smallest absolute Gasteiger partial charge is 0.328 e. The zero-order chi connectivity index (χ0) is 35.6. The molecule has 0 saturated carbocycles. The number of carbonyl (C=O) groups is 2. The number of rotatable bonds is 13. The number of amides is 2. The Kier molecular flexibility index (Phi) is 12.2. The number of carbonyl (C=O) groups excluding carboxylic acids is 2. The highest BCUT2D eigenvalue weighted by Crippen LogP contribution is 2.40. The van der Waals surface area contributed by atoms with E-state index in [1.807, 2.05) is 121 Å². The highest BCUT2D eigenvalue weighted by Gasteiger charge is 2.32. The van der Waals surface area contributed by atoms with Gasteiger partial charge >= 0.3 is 12.0 Å². The van der Waals surface area contributed by atoms with E-state index in [0.29, 0.717) is 18.6 Å². The van der Waals surface area contributed by atoms with Gasteiger partial charge in [-0.2, -0.15) is 0 Å². The van der Waals surface area contributed by atoms with Crippen LogP contribution in [0.25, 0.3) is 11.1 Å². The van der Waals surface area contributed by atoms with Gasteiger partial charge in [0.25, 0.3) is 0 Å². The van der Waals surface area contributed by atoms with Gasteiger partial charge in [-0.15, -0.1) is 0 Å². The molecule has 6 rings (SSSR count). The molecule has 10 nitrogen and oxygen atoms in total. The number of nitrogens with one attached hydrogen (secondary N) is 2. The predicted octanol–water partition coefficient (Wildman–Crippen LogP) is 6.50. The quantitative estimate of drug-likeness (QED) is 0.0937. The summed E-state index contributed by atoms with van der Waals surface area (Å²) >= 11 is 1.66. The second-order valence-electron chi connectivity index (χ2n) is 12.4. The molecule has 51 heavy (non-hydrogen) atoms. The molecular weight excluding hydrogens is 665 g/mol. The van der Waals surface area contributed by atoms with Crippen molar-refractivity contribution in [3.8, 4) is 11.1 Å². The number of aryl methyl sites for hydroxylation is 1. The molecule has 264 valence electrons. The predicted molar refractivity (Wildman–Crippen MR) is 196 cm³/mol. The number of esters is 1. The molecule has 0 aliphatic carbocycles. The lowest BCUT2D eigenvalue weighted by atomic mass is 9.98. The number of hydrogen-bond acceptors (Lipinski definition) is 8. The van der Waals surface area contributed by atoms with E-state index in [0.717, 1.165) is 44.1 Å². The number of thioether (sulfide) groups is 1. The Morgan fingerprint density at radius 1 is 0.941 bits per heavy atom. The molecule has 0 spiro atoms. The fourth-order valence-corrected chi connectivity index (χ4v) is 6.98. The Labute approximate surface area is 302 Å². The van der Waals surface area contributed by atoms with Gasteiger partial charge in [0, 0.05) is 50.1 Å². The van der Waals surface area contributed by atoms with E-state index in [-0.39, 0.29) is 25.4 Å². The van der Waals surface area contributed by atoms with Crippen LogP contribution in [0.2, 0.25) is 0 Å². The molecule has 0 bridgehead atoms. The lowest BCUT2D eigenvalue weighted by Gasteiger charge is -2.36. The van der Waals surface area contributed by atoms with Crippen LogP contribution < -0.4 is 10.6 Å². The maximum absolute atomic E-state index is 12.9. The minimum Gasteiger partial charge on any atom is -0.467 e. The standard InChI is InChI=1S/C40H42N4O6S/c1-44-21-20-41-40(44)51-26-33-23-36(30-14-12-28(25-45)13-15-30)50-38(49-33)31-18-16-29(17-19-31)34-11-7-6-10-32(34)24-42-39(47)43-35(37(46)48-2)22-27-8-4-3-5-9-27/h3-21,33,35-36,38,45H,22-26H2,1-2H3,(H2,42,43,47). The molecule has 4 aromatic carbocycles. The first-order valence-corrected chi connectivity index (χ1v) is 17.8. The molecular formula is C40H42N4O6S. The van der Waals surface area contributed by atoms with Gasteiger partial charge in [0.1, 0.15) is 6.04 Å². The average molecular weight is 707 g/mol. The van der Waals surface area contributed by atoms with Gasteiger partial charge < -0.3 is 34.5 Å².